The normalized spacial score (nSPS) is 49.6. The summed E-state index contributed by atoms with van der Waals surface area (Å²) >= 11 is 3.71. The van der Waals surface area contributed by atoms with Crippen molar-refractivity contribution in [1.82, 2.24) is 0 Å². The molecule has 4 saturated carbocycles. The summed E-state index contributed by atoms with van der Waals surface area (Å²) in [4.78, 5) is 0.727. The van der Waals surface area contributed by atoms with E-state index in [-0.39, 0.29) is 0 Å². The van der Waals surface area contributed by atoms with Gasteiger partial charge in [0.2, 0.25) is 0 Å². The third-order valence-corrected chi connectivity index (χ3v) is 5.70. The van der Waals surface area contributed by atoms with Crippen molar-refractivity contribution in [2.75, 3.05) is 0 Å². The van der Waals surface area contributed by atoms with Crippen LogP contribution in [0.4, 0.5) is 0 Å². The SMILES string of the molecule is CC(Br)CCC12CC3CC(CC(C3)C1)C2. The molecule has 4 aliphatic carbocycles. The van der Waals surface area contributed by atoms with Gasteiger partial charge >= 0.3 is 0 Å². The lowest BCUT2D eigenvalue weighted by Gasteiger charge is -2.57. The van der Waals surface area contributed by atoms with Crippen LogP contribution in [0.1, 0.15) is 58.3 Å². The molecule has 0 saturated heterocycles. The van der Waals surface area contributed by atoms with Gasteiger partial charge in [-0.1, -0.05) is 22.9 Å². The monoisotopic (exact) mass is 270 g/mol. The van der Waals surface area contributed by atoms with Crippen LogP contribution in [0.5, 0.6) is 0 Å². The molecule has 0 spiro atoms. The Bertz CT molecular complexity index is 208. The molecule has 1 heteroatoms. The molecule has 0 radical (unpaired) electrons. The van der Waals surface area contributed by atoms with Crippen molar-refractivity contribution in [2.45, 2.75) is 63.1 Å². The summed E-state index contributed by atoms with van der Waals surface area (Å²) in [6.07, 6.45) is 12.4. The Labute approximate surface area is 102 Å². The van der Waals surface area contributed by atoms with Crippen LogP contribution in [0.2, 0.25) is 0 Å². The van der Waals surface area contributed by atoms with Crippen LogP contribution in [0, 0.1) is 23.2 Å². The number of rotatable bonds is 3. The van der Waals surface area contributed by atoms with Crippen LogP contribution in [0.3, 0.4) is 0 Å². The molecule has 1 unspecified atom stereocenters. The maximum atomic E-state index is 3.71. The minimum Gasteiger partial charge on any atom is -0.0894 e. The van der Waals surface area contributed by atoms with Gasteiger partial charge in [0.25, 0.3) is 0 Å². The summed E-state index contributed by atoms with van der Waals surface area (Å²) in [5.41, 5.74) is 0.802. The van der Waals surface area contributed by atoms with E-state index < -0.39 is 0 Å². The van der Waals surface area contributed by atoms with Crippen LogP contribution in [-0.2, 0) is 0 Å². The minimum absolute atomic E-state index is 0.727. The van der Waals surface area contributed by atoms with Gasteiger partial charge in [0.1, 0.15) is 0 Å². The van der Waals surface area contributed by atoms with E-state index in [1.807, 2.05) is 0 Å². The van der Waals surface area contributed by atoms with Crippen molar-refractivity contribution in [3.8, 4) is 0 Å². The highest BCUT2D eigenvalue weighted by Crippen LogP contribution is 2.61. The molecule has 4 rings (SSSR count). The fourth-order valence-electron chi connectivity index (χ4n) is 5.10. The quantitative estimate of drug-likeness (QED) is 0.649. The van der Waals surface area contributed by atoms with Gasteiger partial charge in [0.15, 0.2) is 0 Å². The Morgan fingerprint density at radius 1 is 1.07 bits per heavy atom. The van der Waals surface area contributed by atoms with E-state index in [2.05, 4.69) is 22.9 Å². The molecule has 1 atom stereocenters. The molecule has 0 aromatic rings. The van der Waals surface area contributed by atoms with Gasteiger partial charge in [0, 0.05) is 4.83 Å². The van der Waals surface area contributed by atoms with E-state index >= 15 is 0 Å². The maximum Gasteiger partial charge on any atom is 0.0117 e. The van der Waals surface area contributed by atoms with Crippen LogP contribution in [0.25, 0.3) is 0 Å². The van der Waals surface area contributed by atoms with Crippen LogP contribution in [0.15, 0.2) is 0 Å². The molecule has 0 nitrogen and oxygen atoms in total. The Morgan fingerprint density at radius 3 is 1.93 bits per heavy atom. The van der Waals surface area contributed by atoms with Crippen molar-refractivity contribution >= 4 is 15.9 Å². The molecule has 0 aromatic heterocycles. The largest absolute Gasteiger partial charge is 0.0894 e. The summed E-state index contributed by atoms with van der Waals surface area (Å²) in [6.45, 7) is 2.31. The minimum atomic E-state index is 0.727. The first kappa shape index (κ1) is 10.6. The van der Waals surface area contributed by atoms with Gasteiger partial charge in [-0.25, -0.2) is 0 Å². The first-order chi connectivity index (χ1) is 7.15. The summed E-state index contributed by atoms with van der Waals surface area (Å²) < 4.78 is 0. The van der Waals surface area contributed by atoms with E-state index in [9.17, 15) is 0 Å². The molecule has 0 amide bonds. The lowest BCUT2D eigenvalue weighted by molar-refractivity contribution is -0.0579. The molecule has 0 aliphatic heterocycles. The Hall–Kier alpha value is 0.480. The fraction of sp³-hybridized carbons (Fsp3) is 1.00. The lowest BCUT2D eigenvalue weighted by Crippen LogP contribution is -2.46. The molecule has 4 aliphatic rings. The highest BCUT2D eigenvalue weighted by atomic mass is 79.9. The van der Waals surface area contributed by atoms with E-state index in [0.29, 0.717) is 0 Å². The van der Waals surface area contributed by atoms with Crippen molar-refractivity contribution < 1.29 is 0 Å². The topological polar surface area (TPSA) is 0 Å². The van der Waals surface area contributed by atoms with E-state index in [1.54, 1.807) is 38.5 Å². The van der Waals surface area contributed by atoms with Crippen molar-refractivity contribution in [3.05, 3.63) is 0 Å². The molecule has 0 heterocycles. The Kier molecular flexibility index (Phi) is 2.66. The van der Waals surface area contributed by atoms with Crippen molar-refractivity contribution in [2.24, 2.45) is 23.2 Å². The number of alkyl halides is 1. The molecular formula is C14H23Br. The molecule has 0 N–H and O–H groups in total. The molecule has 15 heavy (non-hydrogen) atoms. The zero-order chi connectivity index (χ0) is 10.5. The lowest BCUT2D eigenvalue weighted by atomic mass is 9.48. The summed E-state index contributed by atoms with van der Waals surface area (Å²) in [5, 5.41) is 0. The molecule has 0 aromatic carbocycles. The van der Waals surface area contributed by atoms with Crippen molar-refractivity contribution in [1.29, 1.82) is 0 Å². The second-order valence-electron chi connectivity index (χ2n) is 6.74. The van der Waals surface area contributed by atoms with Gasteiger partial charge < -0.3 is 0 Å². The van der Waals surface area contributed by atoms with E-state index in [4.69, 9.17) is 0 Å². The van der Waals surface area contributed by atoms with Crippen molar-refractivity contribution in [3.63, 3.8) is 0 Å². The first-order valence-corrected chi connectivity index (χ1v) is 7.71. The molecule has 4 fully saturated rings. The first-order valence-electron chi connectivity index (χ1n) is 6.79. The molecular weight excluding hydrogens is 248 g/mol. The van der Waals surface area contributed by atoms with E-state index in [1.165, 1.54) is 12.8 Å². The number of hydrogen-bond acceptors (Lipinski definition) is 0. The van der Waals surface area contributed by atoms with Crippen LogP contribution >= 0.6 is 15.9 Å². The maximum absolute atomic E-state index is 3.71. The predicted octanol–water partition coefficient (Wildman–Crippen LogP) is 4.77. The predicted molar refractivity (Wildman–Crippen MR) is 68.2 cm³/mol. The smallest absolute Gasteiger partial charge is 0.0117 e. The zero-order valence-electron chi connectivity index (χ0n) is 9.84. The summed E-state index contributed by atoms with van der Waals surface area (Å²) in [6, 6.07) is 0. The molecule has 4 bridgehead atoms. The Balaban J connectivity index is 1.70. The van der Waals surface area contributed by atoms with Crippen LogP contribution < -0.4 is 0 Å². The van der Waals surface area contributed by atoms with Gasteiger partial charge in [0.05, 0.1) is 0 Å². The highest BCUT2D eigenvalue weighted by Gasteiger charge is 2.50. The third kappa shape index (κ3) is 2.01. The van der Waals surface area contributed by atoms with Gasteiger partial charge in [-0.2, -0.15) is 0 Å². The summed E-state index contributed by atoms with van der Waals surface area (Å²) in [5.74, 6) is 3.38. The Morgan fingerprint density at radius 2 is 1.53 bits per heavy atom. The average molecular weight is 271 g/mol. The van der Waals surface area contributed by atoms with E-state index in [0.717, 1.165) is 28.0 Å². The highest BCUT2D eigenvalue weighted by molar-refractivity contribution is 9.09. The summed E-state index contributed by atoms with van der Waals surface area (Å²) in [7, 11) is 0. The van der Waals surface area contributed by atoms with Gasteiger partial charge in [-0.3, -0.25) is 0 Å². The standard InChI is InChI=1S/C14H23Br/c1-10(15)2-3-14-7-11-4-12(8-14)6-13(5-11)9-14/h10-13H,2-9H2,1H3. The number of halogens is 1. The van der Waals surface area contributed by atoms with Gasteiger partial charge in [-0.05, 0) is 74.5 Å². The fourth-order valence-corrected chi connectivity index (χ4v) is 5.33. The second-order valence-corrected chi connectivity index (χ2v) is 8.30. The molecule has 86 valence electrons. The van der Waals surface area contributed by atoms with Gasteiger partial charge in [-0.15, -0.1) is 0 Å². The second kappa shape index (κ2) is 3.75. The third-order valence-electron chi connectivity index (χ3n) is 5.24. The average Bonchev–Trinajstić information content (AvgIpc) is 2.12. The van der Waals surface area contributed by atoms with Crippen LogP contribution in [-0.4, -0.2) is 4.83 Å². The zero-order valence-corrected chi connectivity index (χ0v) is 11.4. The number of hydrogen-bond donors (Lipinski definition) is 0.